The monoisotopic (exact) mass is 294 g/mol. The molecule has 0 aliphatic heterocycles. The van der Waals surface area contributed by atoms with E-state index < -0.39 is 11.5 Å². The molecule has 0 radical (unpaired) electrons. The highest BCUT2D eigenvalue weighted by Gasteiger charge is 2.46. The van der Waals surface area contributed by atoms with Crippen LogP contribution in [0.25, 0.3) is 0 Å². The number of Topliss-reactive ketones (excluding diaryl/α,β-unsaturated/α-hetero) is 1. The molecule has 0 heterocycles. The average molecular weight is 294 g/mol. The smallest absolute Gasteiger partial charge is 0.171 e. The third kappa shape index (κ3) is 2.71. The Hall–Kier alpha value is -1.93. The molecule has 1 fully saturated rings. The first-order valence-corrected chi connectivity index (χ1v) is 8.07. The Bertz CT molecular complexity index is 613. The number of hydrogen-bond donors (Lipinski definition) is 1. The van der Waals surface area contributed by atoms with Gasteiger partial charge >= 0.3 is 0 Å². The molecule has 1 N–H and O–H groups in total. The number of aliphatic hydroxyl groups excluding tert-OH is 1. The van der Waals surface area contributed by atoms with Crippen molar-refractivity contribution in [3.05, 3.63) is 71.8 Å². The van der Waals surface area contributed by atoms with E-state index in [-0.39, 0.29) is 5.78 Å². The van der Waals surface area contributed by atoms with E-state index in [4.69, 9.17) is 0 Å². The number of carbonyl (C=O) groups is 1. The summed E-state index contributed by atoms with van der Waals surface area (Å²) >= 11 is 0. The van der Waals surface area contributed by atoms with Crippen molar-refractivity contribution < 1.29 is 9.90 Å². The van der Waals surface area contributed by atoms with Crippen LogP contribution in [0, 0.1) is 5.41 Å². The van der Waals surface area contributed by atoms with Gasteiger partial charge in [-0.15, -0.1) is 0 Å². The SMILES string of the molecule is O=C(c1ccccc1)C1(C(O)c2ccccc2)CCCCC1. The molecule has 1 saturated carbocycles. The minimum absolute atomic E-state index is 0.0872. The topological polar surface area (TPSA) is 37.3 Å². The van der Waals surface area contributed by atoms with Crippen LogP contribution in [0.15, 0.2) is 60.7 Å². The van der Waals surface area contributed by atoms with Crippen LogP contribution in [-0.4, -0.2) is 10.9 Å². The Morgan fingerprint density at radius 3 is 2.00 bits per heavy atom. The van der Waals surface area contributed by atoms with Crippen LogP contribution < -0.4 is 0 Å². The van der Waals surface area contributed by atoms with Gasteiger partial charge in [0, 0.05) is 5.56 Å². The molecule has 1 unspecified atom stereocenters. The van der Waals surface area contributed by atoms with Gasteiger partial charge in [-0.2, -0.15) is 0 Å². The summed E-state index contributed by atoms with van der Waals surface area (Å²) in [6.45, 7) is 0. The van der Waals surface area contributed by atoms with E-state index in [0.29, 0.717) is 5.56 Å². The molecule has 2 aromatic carbocycles. The van der Waals surface area contributed by atoms with E-state index in [9.17, 15) is 9.90 Å². The minimum Gasteiger partial charge on any atom is -0.387 e. The first kappa shape index (κ1) is 15.0. The molecule has 2 aromatic rings. The van der Waals surface area contributed by atoms with Crippen molar-refractivity contribution in [3.8, 4) is 0 Å². The second-order valence-corrected chi connectivity index (χ2v) is 6.23. The lowest BCUT2D eigenvalue weighted by molar-refractivity contribution is 0.00412. The number of ketones is 1. The molecule has 2 nitrogen and oxygen atoms in total. The van der Waals surface area contributed by atoms with Gasteiger partial charge in [0.2, 0.25) is 0 Å². The van der Waals surface area contributed by atoms with Gasteiger partial charge in [-0.3, -0.25) is 4.79 Å². The molecule has 3 rings (SSSR count). The molecule has 0 bridgehead atoms. The summed E-state index contributed by atoms with van der Waals surface area (Å²) in [6, 6.07) is 19.0. The predicted octanol–water partition coefficient (Wildman–Crippen LogP) is 4.55. The molecule has 0 spiro atoms. The quantitative estimate of drug-likeness (QED) is 0.840. The van der Waals surface area contributed by atoms with Crippen molar-refractivity contribution >= 4 is 5.78 Å². The first-order valence-electron chi connectivity index (χ1n) is 8.07. The Morgan fingerprint density at radius 1 is 0.864 bits per heavy atom. The summed E-state index contributed by atoms with van der Waals surface area (Å²) in [7, 11) is 0. The molecule has 1 aliphatic rings. The molecule has 114 valence electrons. The molecular weight excluding hydrogens is 272 g/mol. The second-order valence-electron chi connectivity index (χ2n) is 6.23. The zero-order valence-electron chi connectivity index (χ0n) is 12.7. The van der Waals surface area contributed by atoms with Gasteiger partial charge in [0.05, 0.1) is 11.5 Å². The van der Waals surface area contributed by atoms with E-state index in [1.165, 1.54) is 0 Å². The zero-order valence-corrected chi connectivity index (χ0v) is 12.7. The normalized spacial score (nSPS) is 18.6. The van der Waals surface area contributed by atoms with Crippen molar-refractivity contribution in [2.75, 3.05) is 0 Å². The lowest BCUT2D eigenvalue weighted by atomic mass is 9.64. The van der Waals surface area contributed by atoms with Gasteiger partial charge in [-0.25, -0.2) is 0 Å². The number of aliphatic hydroxyl groups is 1. The third-order valence-corrected chi connectivity index (χ3v) is 4.87. The molecule has 1 atom stereocenters. The second kappa shape index (κ2) is 6.45. The molecule has 0 aromatic heterocycles. The number of hydrogen-bond acceptors (Lipinski definition) is 2. The van der Waals surface area contributed by atoms with Crippen molar-refractivity contribution in [1.82, 2.24) is 0 Å². The van der Waals surface area contributed by atoms with Crippen LogP contribution in [0.3, 0.4) is 0 Å². The van der Waals surface area contributed by atoms with Gasteiger partial charge < -0.3 is 5.11 Å². The van der Waals surface area contributed by atoms with Crippen molar-refractivity contribution in [1.29, 1.82) is 0 Å². The van der Waals surface area contributed by atoms with E-state index in [0.717, 1.165) is 37.7 Å². The van der Waals surface area contributed by atoms with E-state index >= 15 is 0 Å². The number of rotatable bonds is 4. The van der Waals surface area contributed by atoms with Crippen molar-refractivity contribution in [2.45, 2.75) is 38.2 Å². The van der Waals surface area contributed by atoms with Gasteiger partial charge in [0.15, 0.2) is 5.78 Å². The highest BCUT2D eigenvalue weighted by atomic mass is 16.3. The van der Waals surface area contributed by atoms with Crippen LogP contribution in [0.4, 0.5) is 0 Å². The zero-order chi connectivity index (χ0) is 15.4. The van der Waals surface area contributed by atoms with Crippen molar-refractivity contribution in [2.24, 2.45) is 5.41 Å². The summed E-state index contributed by atoms with van der Waals surface area (Å²) < 4.78 is 0. The van der Waals surface area contributed by atoms with Crippen LogP contribution in [-0.2, 0) is 0 Å². The van der Waals surface area contributed by atoms with E-state index in [1.54, 1.807) is 0 Å². The van der Waals surface area contributed by atoms with Gasteiger partial charge in [-0.05, 0) is 18.4 Å². The summed E-state index contributed by atoms with van der Waals surface area (Å²) in [5.74, 6) is 0.0872. The maximum absolute atomic E-state index is 13.2. The Labute approximate surface area is 131 Å². The molecule has 22 heavy (non-hydrogen) atoms. The fourth-order valence-electron chi connectivity index (χ4n) is 3.64. The standard InChI is InChI=1S/C20H22O2/c21-18(16-10-4-1-5-11-16)20(14-8-3-9-15-20)19(22)17-12-6-2-7-13-17/h1-2,4-7,10-13,18,21H,3,8-9,14-15H2. The van der Waals surface area contributed by atoms with E-state index in [1.807, 2.05) is 60.7 Å². The van der Waals surface area contributed by atoms with Crippen LogP contribution in [0.5, 0.6) is 0 Å². The molecule has 1 aliphatic carbocycles. The number of benzene rings is 2. The highest BCUT2D eigenvalue weighted by molar-refractivity contribution is 6.01. The lowest BCUT2D eigenvalue weighted by Gasteiger charge is -2.40. The Morgan fingerprint density at radius 2 is 1.41 bits per heavy atom. The van der Waals surface area contributed by atoms with E-state index in [2.05, 4.69) is 0 Å². The Balaban J connectivity index is 2.00. The van der Waals surface area contributed by atoms with Gasteiger partial charge in [0.25, 0.3) is 0 Å². The highest BCUT2D eigenvalue weighted by Crippen LogP contribution is 2.48. The molecule has 0 amide bonds. The average Bonchev–Trinajstić information content (AvgIpc) is 2.62. The fraction of sp³-hybridized carbons (Fsp3) is 0.350. The minimum atomic E-state index is -0.735. The fourth-order valence-corrected chi connectivity index (χ4v) is 3.64. The Kier molecular flexibility index (Phi) is 4.39. The molecule has 0 saturated heterocycles. The van der Waals surface area contributed by atoms with Crippen LogP contribution >= 0.6 is 0 Å². The summed E-state index contributed by atoms with van der Waals surface area (Å²) in [4.78, 5) is 13.2. The summed E-state index contributed by atoms with van der Waals surface area (Å²) in [5, 5.41) is 11.0. The maximum atomic E-state index is 13.2. The third-order valence-electron chi connectivity index (χ3n) is 4.87. The molecular formula is C20H22O2. The van der Waals surface area contributed by atoms with Crippen molar-refractivity contribution in [3.63, 3.8) is 0 Å². The first-order chi connectivity index (χ1) is 10.7. The van der Waals surface area contributed by atoms with Crippen LogP contribution in [0.2, 0.25) is 0 Å². The summed E-state index contributed by atoms with van der Waals surface area (Å²) in [6.07, 6.45) is 3.94. The van der Waals surface area contributed by atoms with Gasteiger partial charge in [0.1, 0.15) is 0 Å². The summed E-state index contributed by atoms with van der Waals surface area (Å²) in [5.41, 5.74) is 0.870. The largest absolute Gasteiger partial charge is 0.387 e. The van der Waals surface area contributed by atoms with Gasteiger partial charge in [-0.1, -0.05) is 79.9 Å². The maximum Gasteiger partial charge on any atom is 0.171 e. The van der Waals surface area contributed by atoms with Crippen LogP contribution in [0.1, 0.15) is 54.1 Å². The molecule has 2 heteroatoms. The predicted molar refractivity (Wildman–Crippen MR) is 87.7 cm³/mol. The lowest BCUT2D eigenvalue weighted by Crippen LogP contribution is -2.39. The number of carbonyl (C=O) groups excluding carboxylic acids is 1.